The lowest BCUT2D eigenvalue weighted by molar-refractivity contribution is 0.224. The van der Waals surface area contributed by atoms with E-state index in [0.29, 0.717) is 5.92 Å². The van der Waals surface area contributed by atoms with Crippen molar-refractivity contribution in [1.82, 2.24) is 0 Å². The summed E-state index contributed by atoms with van der Waals surface area (Å²) in [5, 5.41) is 8.48. The predicted molar refractivity (Wildman–Crippen MR) is 203 cm³/mol. The third-order valence-corrected chi connectivity index (χ3v) is 11.4. The van der Waals surface area contributed by atoms with Crippen LogP contribution in [-0.4, -0.2) is 0 Å². The third-order valence-electron chi connectivity index (χ3n) is 11.4. The lowest BCUT2D eigenvalue weighted by atomic mass is 9.59. The monoisotopic (exact) mass is 613 g/mol. The van der Waals surface area contributed by atoms with Crippen LogP contribution in [-0.2, 0) is 10.8 Å². The van der Waals surface area contributed by atoms with E-state index in [1.165, 1.54) is 98.2 Å². The van der Waals surface area contributed by atoms with E-state index in [1.54, 1.807) is 5.56 Å². The van der Waals surface area contributed by atoms with E-state index in [0.717, 1.165) is 6.42 Å². The lowest BCUT2D eigenvalue weighted by Gasteiger charge is -2.45. The number of aryl methyl sites for hydroxylation is 2. The van der Waals surface area contributed by atoms with E-state index >= 15 is 0 Å². The van der Waals surface area contributed by atoms with Gasteiger partial charge in [0.2, 0.25) is 0 Å². The summed E-state index contributed by atoms with van der Waals surface area (Å²) in [5.74, 6) is 0.468. The molecule has 0 saturated heterocycles. The Hall–Kier alpha value is -4.36. The number of hydrogen-bond acceptors (Lipinski definition) is 1. The van der Waals surface area contributed by atoms with Gasteiger partial charge in [-0.25, -0.2) is 0 Å². The highest BCUT2D eigenvalue weighted by Crippen LogP contribution is 2.52. The second kappa shape index (κ2) is 11.4. The summed E-state index contributed by atoms with van der Waals surface area (Å²) < 4.78 is 0. The molecule has 1 fully saturated rings. The normalized spacial score (nSPS) is 18.2. The van der Waals surface area contributed by atoms with Crippen LogP contribution in [0.4, 0.5) is 11.4 Å². The number of anilines is 2. The Bertz CT molecular complexity index is 2070. The minimum absolute atomic E-state index is 0.121. The van der Waals surface area contributed by atoms with Gasteiger partial charge in [-0.05, 0) is 118 Å². The van der Waals surface area contributed by atoms with Crippen LogP contribution >= 0.6 is 0 Å². The van der Waals surface area contributed by atoms with Crippen molar-refractivity contribution in [1.29, 1.82) is 0 Å². The first-order valence-corrected chi connectivity index (χ1v) is 17.8. The Balaban J connectivity index is 1.22. The first-order valence-electron chi connectivity index (χ1n) is 17.8. The van der Waals surface area contributed by atoms with Crippen LogP contribution in [0.5, 0.6) is 0 Å². The van der Waals surface area contributed by atoms with Crippen LogP contribution in [0.3, 0.4) is 0 Å². The van der Waals surface area contributed by atoms with Gasteiger partial charge in [0, 0.05) is 22.5 Å². The molecule has 0 N–H and O–H groups in total. The van der Waals surface area contributed by atoms with Gasteiger partial charge in [-0.2, -0.15) is 0 Å². The van der Waals surface area contributed by atoms with E-state index in [4.69, 9.17) is 0 Å². The molecule has 2 aliphatic carbocycles. The maximum atomic E-state index is 2.57. The fourth-order valence-corrected chi connectivity index (χ4v) is 8.73. The molecule has 0 aromatic heterocycles. The van der Waals surface area contributed by atoms with Gasteiger partial charge in [0.15, 0.2) is 0 Å². The molecule has 0 spiro atoms. The van der Waals surface area contributed by atoms with Crippen LogP contribution in [0.2, 0.25) is 0 Å². The minimum atomic E-state index is 0.121. The van der Waals surface area contributed by atoms with Gasteiger partial charge >= 0.3 is 0 Å². The van der Waals surface area contributed by atoms with Gasteiger partial charge in [0.1, 0.15) is 0 Å². The fraction of sp³-hybridized carbons (Fsp3) is 0.304. The summed E-state index contributed by atoms with van der Waals surface area (Å²) in [4.78, 5) is 2.43. The van der Waals surface area contributed by atoms with E-state index in [9.17, 15) is 0 Å². The highest BCUT2D eigenvalue weighted by molar-refractivity contribution is 6.24. The molecule has 1 atom stereocenters. The Labute approximate surface area is 281 Å². The molecule has 0 bridgehead atoms. The lowest BCUT2D eigenvalue weighted by Crippen LogP contribution is -2.37. The Morgan fingerprint density at radius 3 is 1.79 bits per heavy atom. The van der Waals surface area contributed by atoms with Crippen molar-refractivity contribution < 1.29 is 0 Å². The topological polar surface area (TPSA) is 3.24 Å². The summed E-state index contributed by atoms with van der Waals surface area (Å²) in [7, 11) is 0. The standard InChI is InChI=1S/C46H47N/c1-31-9-19-38(20-10-31)47(39-21-11-32(2)12-22-39)40-23-17-36(18-24-40)46(27-7-6-8-28-46)42-26-16-33-13-14-34-29-37(45(3,4)5)30-35-15-25-41(42)44(33)43(34)35/h9-17,19-26,29-30,36H,6-8,18,27-28H2,1-5H3. The van der Waals surface area contributed by atoms with Crippen molar-refractivity contribution >= 4 is 43.7 Å². The second-order valence-electron chi connectivity index (χ2n) is 15.5. The van der Waals surface area contributed by atoms with Crippen molar-refractivity contribution in [3.63, 3.8) is 0 Å². The number of nitrogens with zero attached hydrogens (tertiary/aromatic N) is 1. The van der Waals surface area contributed by atoms with Crippen molar-refractivity contribution in [2.24, 2.45) is 5.92 Å². The van der Waals surface area contributed by atoms with Crippen molar-refractivity contribution in [3.05, 3.63) is 143 Å². The third kappa shape index (κ3) is 5.16. The maximum absolute atomic E-state index is 2.57. The average Bonchev–Trinajstić information content (AvgIpc) is 3.09. The Morgan fingerprint density at radius 2 is 1.21 bits per heavy atom. The average molecular weight is 614 g/mol. The molecule has 6 aromatic carbocycles. The van der Waals surface area contributed by atoms with E-state index in [-0.39, 0.29) is 10.8 Å². The van der Waals surface area contributed by atoms with Crippen molar-refractivity contribution in [2.45, 2.75) is 84.0 Å². The first-order chi connectivity index (χ1) is 22.7. The maximum Gasteiger partial charge on any atom is 0.0461 e. The number of allylic oxidation sites excluding steroid dienone is 3. The summed E-state index contributed by atoms with van der Waals surface area (Å²) >= 11 is 0. The van der Waals surface area contributed by atoms with Crippen LogP contribution in [0.25, 0.3) is 32.3 Å². The molecule has 1 nitrogen and oxygen atoms in total. The molecular weight excluding hydrogens is 567 g/mol. The number of hydrogen-bond donors (Lipinski definition) is 0. The molecule has 0 radical (unpaired) electrons. The molecule has 0 aliphatic heterocycles. The van der Waals surface area contributed by atoms with Crippen molar-refractivity contribution in [3.8, 4) is 0 Å². The molecule has 236 valence electrons. The Kier molecular flexibility index (Phi) is 7.28. The van der Waals surface area contributed by atoms with Gasteiger partial charge in [-0.1, -0.05) is 136 Å². The highest BCUT2D eigenvalue weighted by Gasteiger charge is 2.41. The van der Waals surface area contributed by atoms with E-state index in [2.05, 4.69) is 155 Å². The zero-order valence-electron chi connectivity index (χ0n) is 28.7. The van der Waals surface area contributed by atoms with Gasteiger partial charge in [0.05, 0.1) is 0 Å². The SMILES string of the molecule is Cc1ccc(N(C2=CCC(C3(c4ccc5ccc6cc(C(C)(C)C)cc7ccc4c5c67)CCCCC3)C=C2)c2ccc(C)cc2)cc1. The van der Waals surface area contributed by atoms with Gasteiger partial charge < -0.3 is 4.90 Å². The van der Waals surface area contributed by atoms with Gasteiger partial charge in [0.25, 0.3) is 0 Å². The molecule has 0 heterocycles. The van der Waals surface area contributed by atoms with E-state index < -0.39 is 0 Å². The molecule has 1 saturated carbocycles. The van der Waals surface area contributed by atoms with Gasteiger partial charge in [-0.3, -0.25) is 0 Å². The molecule has 1 unspecified atom stereocenters. The van der Waals surface area contributed by atoms with Crippen LogP contribution in [0.1, 0.15) is 81.5 Å². The molecule has 2 aliphatic rings. The van der Waals surface area contributed by atoms with Gasteiger partial charge in [-0.15, -0.1) is 0 Å². The first kappa shape index (κ1) is 30.0. The van der Waals surface area contributed by atoms with Crippen molar-refractivity contribution in [2.75, 3.05) is 4.90 Å². The quantitative estimate of drug-likeness (QED) is 0.175. The fourth-order valence-electron chi connectivity index (χ4n) is 8.73. The number of benzene rings is 6. The molecule has 8 rings (SSSR count). The molecule has 1 heteroatoms. The summed E-state index contributed by atoms with van der Waals surface area (Å²) in [6.45, 7) is 11.3. The molecule has 0 amide bonds. The zero-order valence-corrected chi connectivity index (χ0v) is 28.7. The largest absolute Gasteiger partial charge is 0.311 e. The molecule has 6 aromatic rings. The Morgan fingerprint density at radius 1 is 0.638 bits per heavy atom. The predicted octanol–water partition coefficient (Wildman–Crippen LogP) is 13.0. The highest BCUT2D eigenvalue weighted by atomic mass is 15.1. The second-order valence-corrected chi connectivity index (χ2v) is 15.5. The summed E-state index contributed by atoms with van der Waals surface area (Å²) in [6.07, 6.45) is 15.0. The minimum Gasteiger partial charge on any atom is -0.311 e. The van der Waals surface area contributed by atoms with Crippen LogP contribution in [0, 0.1) is 19.8 Å². The van der Waals surface area contributed by atoms with Crippen LogP contribution in [0.15, 0.2) is 121 Å². The molecule has 47 heavy (non-hydrogen) atoms. The zero-order chi connectivity index (χ0) is 32.3. The van der Waals surface area contributed by atoms with E-state index in [1.807, 2.05) is 0 Å². The van der Waals surface area contributed by atoms with Crippen LogP contribution < -0.4 is 4.90 Å². The number of rotatable bonds is 5. The summed E-state index contributed by atoms with van der Waals surface area (Å²) in [6, 6.07) is 37.3. The summed E-state index contributed by atoms with van der Waals surface area (Å²) in [5.41, 5.74) is 9.49. The smallest absolute Gasteiger partial charge is 0.0461 e. The molecular formula is C46H47N.